The Morgan fingerprint density at radius 3 is 2.18 bits per heavy atom. The molecule has 0 saturated heterocycles. The van der Waals surface area contributed by atoms with Crippen LogP contribution in [0.1, 0.15) is 12.5 Å². The van der Waals surface area contributed by atoms with Crippen molar-refractivity contribution in [1.29, 1.82) is 0 Å². The molecule has 2 rings (SSSR count). The third-order valence-corrected chi connectivity index (χ3v) is 3.41. The van der Waals surface area contributed by atoms with Crippen molar-refractivity contribution in [3.8, 4) is 5.75 Å². The van der Waals surface area contributed by atoms with E-state index in [2.05, 4.69) is 36.1 Å². The molecule has 0 aromatic heterocycles. The van der Waals surface area contributed by atoms with Gasteiger partial charge in [0.15, 0.2) is 0 Å². The minimum Gasteiger partial charge on any atom is -0.489 e. The number of ether oxygens (including phenoxy) is 1. The van der Waals surface area contributed by atoms with E-state index in [1.807, 2.05) is 36.4 Å². The van der Waals surface area contributed by atoms with E-state index in [-0.39, 0.29) is 18.5 Å². The second-order valence-corrected chi connectivity index (χ2v) is 5.53. The molecule has 2 aromatic rings. The Bertz CT molecular complexity index is 507. The molecule has 0 aliphatic rings. The molecule has 0 spiro atoms. The van der Waals surface area contributed by atoms with Crippen LogP contribution in [-0.2, 0) is 6.54 Å². The fraction of sp³-hybridized carbons (Fsp3) is 0.333. The second kappa shape index (κ2) is 10.5. The molecule has 0 fully saturated rings. The molecule has 2 nitrogen and oxygen atoms in total. The van der Waals surface area contributed by atoms with E-state index >= 15 is 0 Å². The Hall–Kier alpha value is -1.22. The quantitative estimate of drug-likeness (QED) is 0.651. The minimum absolute atomic E-state index is 0. The second-order valence-electron chi connectivity index (χ2n) is 5.15. The van der Waals surface area contributed by atoms with Gasteiger partial charge in [-0.1, -0.05) is 48.5 Å². The van der Waals surface area contributed by atoms with Gasteiger partial charge in [0.1, 0.15) is 11.9 Å². The van der Waals surface area contributed by atoms with Crippen molar-refractivity contribution < 1.29 is 4.74 Å². The first-order valence-electron chi connectivity index (χ1n) is 7.32. The Morgan fingerprint density at radius 2 is 1.59 bits per heavy atom. The largest absolute Gasteiger partial charge is 0.489 e. The van der Waals surface area contributed by atoms with Crippen molar-refractivity contribution in [2.24, 2.45) is 0 Å². The topological polar surface area (TPSA) is 12.5 Å². The maximum atomic E-state index is 5.94. The number of halogens is 2. The van der Waals surface area contributed by atoms with Crippen LogP contribution in [0.4, 0.5) is 0 Å². The molecule has 0 bridgehead atoms. The number of benzene rings is 2. The van der Waals surface area contributed by atoms with Crippen LogP contribution in [0.5, 0.6) is 5.75 Å². The van der Waals surface area contributed by atoms with Gasteiger partial charge in [0.25, 0.3) is 0 Å². The summed E-state index contributed by atoms with van der Waals surface area (Å²) in [6.45, 7) is 4.71. The number of hydrogen-bond acceptors (Lipinski definition) is 2. The Morgan fingerprint density at radius 1 is 1.00 bits per heavy atom. The Balaban J connectivity index is 0.00000242. The van der Waals surface area contributed by atoms with Gasteiger partial charge >= 0.3 is 0 Å². The smallest absolute Gasteiger partial charge is 0.119 e. The molecule has 2 aromatic carbocycles. The van der Waals surface area contributed by atoms with Crippen molar-refractivity contribution in [2.45, 2.75) is 19.6 Å². The molecule has 1 unspecified atom stereocenters. The zero-order valence-electron chi connectivity index (χ0n) is 12.8. The standard InChI is InChI=1S/C18H22ClNO.ClH/c1-16(21-18-10-6-3-7-11-18)14-20(13-12-19)15-17-8-4-2-5-9-17;/h2-11,16H,12-15H2,1H3;1H. The first-order valence-corrected chi connectivity index (χ1v) is 7.85. The summed E-state index contributed by atoms with van der Waals surface area (Å²) in [5.74, 6) is 1.54. The predicted octanol–water partition coefficient (Wildman–Crippen LogP) is 4.62. The third-order valence-electron chi connectivity index (χ3n) is 3.25. The number of rotatable bonds is 8. The van der Waals surface area contributed by atoms with Gasteiger partial charge in [-0.3, -0.25) is 4.90 Å². The Kier molecular flexibility index (Phi) is 8.98. The van der Waals surface area contributed by atoms with Crippen molar-refractivity contribution in [2.75, 3.05) is 19.0 Å². The van der Waals surface area contributed by atoms with Gasteiger partial charge in [-0.25, -0.2) is 0 Å². The van der Waals surface area contributed by atoms with Crippen LogP contribution in [0.15, 0.2) is 60.7 Å². The summed E-state index contributed by atoms with van der Waals surface area (Å²) in [6, 6.07) is 20.4. The van der Waals surface area contributed by atoms with Gasteiger partial charge in [-0.15, -0.1) is 24.0 Å². The maximum Gasteiger partial charge on any atom is 0.119 e. The van der Waals surface area contributed by atoms with Gasteiger partial charge in [-0.05, 0) is 24.6 Å². The van der Waals surface area contributed by atoms with Gasteiger partial charge in [0.2, 0.25) is 0 Å². The lowest BCUT2D eigenvalue weighted by molar-refractivity contribution is 0.145. The van der Waals surface area contributed by atoms with Crippen LogP contribution in [0, 0.1) is 0 Å². The molecule has 0 N–H and O–H groups in total. The highest BCUT2D eigenvalue weighted by atomic mass is 35.5. The number of alkyl halides is 1. The highest BCUT2D eigenvalue weighted by molar-refractivity contribution is 6.18. The van der Waals surface area contributed by atoms with Gasteiger partial charge in [0, 0.05) is 25.5 Å². The first kappa shape index (κ1) is 18.8. The highest BCUT2D eigenvalue weighted by Gasteiger charge is 2.11. The molecular weight excluding hydrogens is 317 g/mol. The SMILES string of the molecule is CC(CN(CCCl)Cc1ccccc1)Oc1ccccc1.Cl. The lowest BCUT2D eigenvalue weighted by Crippen LogP contribution is -2.34. The van der Waals surface area contributed by atoms with Gasteiger partial charge < -0.3 is 4.74 Å². The lowest BCUT2D eigenvalue weighted by Gasteiger charge is -2.25. The molecule has 0 radical (unpaired) electrons. The fourth-order valence-electron chi connectivity index (χ4n) is 2.33. The summed E-state index contributed by atoms with van der Waals surface area (Å²) in [4.78, 5) is 2.33. The van der Waals surface area contributed by atoms with E-state index in [4.69, 9.17) is 16.3 Å². The van der Waals surface area contributed by atoms with Crippen molar-refractivity contribution in [1.82, 2.24) is 4.90 Å². The summed E-state index contributed by atoms with van der Waals surface area (Å²) in [5.41, 5.74) is 1.30. The van der Waals surface area contributed by atoms with Gasteiger partial charge in [0.05, 0.1) is 0 Å². The average molecular weight is 340 g/mol. The minimum atomic E-state index is 0. The van der Waals surface area contributed by atoms with Crippen molar-refractivity contribution in [3.05, 3.63) is 66.2 Å². The molecule has 0 aliphatic carbocycles. The molecule has 0 heterocycles. The fourth-order valence-corrected chi connectivity index (χ4v) is 2.57. The van der Waals surface area contributed by atoms with Crippen molar-refractivity contribution in [3.63, 3.8) is 0 Å². The van der Waals surface area contributed by atoms with Crippen LogP contribution >= 0.6 is 24.0 Å². The highest BCUT2D eigenvalue weighted by Crippen LogP contribution is 2.12. The number of nitrogens with zero attached hydrogens (tertiary/aromatic N) is 1. The van der Waals surface area contributed by atoms with E-state index in [0.29, 0.717) is 5.88 Å². The van der Waals surface area contributed by atoms with Gasteiger partial charge in [-0.2, -0.15) is 0 Å². The molecule has 1 atom stereocenters. The van der Waals surface area contributed by atoms with Crippen LogP contribution in [0.2, 0.25) is 0 Å². The van der Waals surface area contributed by atoms with Crippen LogP contribution in [0.3, 0.4) is 0 Å². The van der Waals surface area contributed by atoms with Crippen molar-refractivity contribution >= 4 is 24.0 Å². The Labute approximate surface area is 144 Å². The van der Waals surface area contributed by atoms with E-state index in [0.717, 1.165) is 25.4 Å². The maximum absolute atomic E-state index is 5.94. The van der Waals surface area contributed by atoms with E-state index in [1.54, 1.807) is 0 Å². The zero-order chi connectivity index (χ0) is 14.9. The lowest BCUT2D eigenvalue weighted by atomic mass is 10.2. The van der Waals surface area contributed by atoms with E-state index in [1.165, 1.54) is 5.56 Å². The molecule has 0 saturated carbocycles. The molecule has 22 heavy (non-hydrogen) atoms. The summed E-state index contributed by atoms with van der Waals surface area (Å²) >= 11 is 5.92. The number of para-hydroxylation sites is 1. The van der Waals surface area contributed by atoms with Crippen LogP contribution in [-0.4, -0.2) is 30.0 Å². The average Bonchev–Trinajstić information content (AvgIpc) is 2.49. The summed E-state index contributed by atoms with van der Waals surface area (Å²) in [7, 11) is 0. The molecular formula is C18H23Cl2NO. The first-order chi connectivity index (χ1) is 10.3. The summed E-state index contributed by atoms with van der Waals surface area (Å²) in [5, 5.41) is 0. The zero-order valence-corrected chi connectivity index (χ0v) is 14.4. The predicted molar refractivity (Wildman–Crippen MR) is 96.2 cm³/mol. The summed E-state index contributed by atoms with van der Waals surface area (Å²) < 4.78 is 5.94. The number of hydrogen-bond donors (Lipinski definition) is 0. The van der Waals surface area contributed by atoms with E-state index in [9.17, 15) is 0 Å². The monoisotopic (exact) mass is 339 g/mol. The van der Waals surface area contributed by atoms with Crippen LogP contribution < -0.4 is 4.74 Å². The third kappa shape index (κ3) is 6.69. The molecule has 0 aliphatic heterocycles. The molecule has 120 valence electrons. The molecule has 4 heteroatoms. The van der Waals surface area contributed by atoms with Crippen LogP contribution in [0.25, 0.3) is 0 Å². The van der Waals surface area contributed by atoms with E-state index < -0.39 is 0 Å². The summed E-state index contributed by atoms with van der Waals surface area (Å²) in [6.07, 6.45) is 0.124. The normalized spacial score (nSPS) is 11.8. The molecule has 0 amide bonds.